The van der Waals surface area contributed by atoms with Crippen LogP contribution in [0.1, 0.15) is 18.9 Å². The number of nitrogens with zero attached hydrogens (tertiary/aromatic N) is 1. The topological polar surface area (TPSA) is 97.1 Å². The van der Waals surface area contributed by atoms with E-state index in [4.69, 9.17) is 5.84 Å². The fourth-order valence-corrected chi connectivity index (χ4v) is 3.22. The Morgan fingerprint density at radius 2 is 1.86 bits per heavy atom. The normalized spacial score (nSPS) is 11.1. The summed E-state index contributed by atoms with van der Waals surface area (Å²) in [4.78, 5) is 3.90. The number of nitrogen functional groups attached to an aromatic ring is 1. The minimum atomic E-state index is -3.80. The molecule has 2 aromatic rings. The Labute approximate surface area is 124 Å². The fourth-order valence-electron chi connectivity index (χ4n) is 2.02. The van der Waals surface area contributed by atoms with Crippen molar-refractivity contribution in [2.75, 3.05) is 10.1 Å². The molecule has 6 nitrogen and oxygen atoms in total. The molecule has 21 heavy (non-hydrogen) atoms. The predicted octanol–water partition coefficient (Wildman–Crippen LogP) is 2.12. The van der Waals surface area contributed by atoms with E-state index in [1.807, 2.05) is 19.1 Å². The largest absolute Gasteiger partial charge is 0.321 e. The molecule has 112 valence electrons. The molecule has 0 bridgehead atoms. The minimum Gasteiger partial charge on any atom is -0.321 e. The molecule has 0 saturated heterocycles. The van der Waals surface area contributed by atoms with Crippen LogP contribution in [0.15, 0.2) is 47.6 Å². The summed E-state index contributed by atoms with van der Waals surface area (Å²) in [6, 6.07) is 10.5. The van der Waals surface area contributed by atoms with Crippen molar-refractivity contribution in [3.05, 3.63) is 48.2 Å². The number of pyridine rings is 1. The van der Waals surface area contributed by atoms with Crippen LogP contribution in [0.5, 0.6) is 0 Å². The summed E-state index contributed by atoms with van der Waals surface area (Å²) in [5, 5.41) is -0.126. The first-order chi connectivity index (χ1) is 10.1. The van der Waals surface area contributed by atoms with Gasteiger partial charge in [-0.1, -0.05) is 31.5 Å². The first kappa shape index (κ1) is 15.3. The molecule has 0 saturated carbocycles. The Morgan fingerprint density at radius 3 is 2.57 bits per heavy atom. The van der Waals surface area contributed by atoms with Crippen LogP contribution < -0.4 is 16.0 Å². The third-order valence-corrected chi connectivity index (χ3v) is 4.29. The molecule has 0 unspecified atom stereocenters. The highest BCUT2D eigenvalue weighted by atomic mass is 32.2. The number of hydrogen-bond donors (Lipinski definition) is 3. The molecular formula is C14H18N4O2S. The third kappa shape index (κ3) is 3.50. The Balaban J connectivity index is 2.38. The maximum atomic E-state index is 12.5. The van der Waals surface area contributed by atoms with Gasteiger partial charge in [-0.15, -0.1) is 0 Å². The number of anilines is 2. The zero-order valence-corrected chi connectivity index (χ0v) is 12.5. The molecule has 0 spiro atoms. The lowest BCUT2D eigenvalue weighted by Crippen LogP contribution is -2.19. The van der Waals surface area contributed by atoms with Crippen LogP contribution in [0.3, 0.4) is 0 Å². The number of hydrogen-bond acceptors (Lipinski definition) is 5. The zero-order chi connectivity index (χ0) is 15.3. The van der Waals surface area contributed by atoms with E-state index in [0.29, 0.717) is 5.69 Å². The Morgan fingerprint density at radius 1 is 1.14 bits per heavy atom. The maximum absolute atomic E-state index is 12.5. The Bertz CT molecular complexity index is 716. The Hall–Kier alpha value is -2.12. The summed E-state index contributed by atoms with van der Waals surface area (Å²) in [7, 11) is -3.80. The molecule has 4 N–H and O–H groups in total. The molecule has 1 aromatic heterocycles. The quantitative estimate of drug-likeness (QED) is 0.561. The van der Waals surface area contributed by atoms with Crippen LogP contribution in [-0.2, 0) is 16.4 Å². The van der Waals surface area contributed by atoms with Gasteiger partial charge >= 0.3 is 0 Å². The average molecular weight is 306 g/mol. The standard InChI is InChI=1S/C14H18N4O2S/c1-2-6-11-7-3-4-8-12(11)18-21(19,20)14-13(17-15)9-5-10-16-14/h3-5,7-10,17-18H,2,6,15H2,1H3. The van der Waals surface area contributed by atoms with Gasteiger partial charge in [0.1, 0.15) is 0 Å². The van der Waals surface area contributed by atoms with Gasteiger partial charge in [0.15, 0.2) is 0 Å². The highest BCUT2D eigenvalue weighted by Crippen LogP contribution is 2.23. The van der Waals surface area contributed by atoms with Crippen molar-refractivity contribution in [2.45, 2.75) is 24.8 Å². The maximum Gasteiger partial charge on any atom is 0.281 e. The Kier molecular flexibility index (Phi) is 4.77. The zero-order valence-electron chi connectivity index (χ0n) is 11.7. The van der Waals surface area contributed by atoms with Gasteiger partial charge < -0.3 is 5.43 Å². The summed E-state index contributed by atoms with van der Waals surface area (Å²) >= 11 is 0. The van der Waals surface area contributed by atoms with E-state index < -0.39 is 10.0 Å². The summed E-state index contributed by atoms with van der Waals surface area (Å²) in [5.41, 5.74) is 4.10. The van der Waals surface area contributed by atoms with Crippen molar-refractivity contribution in [3.8, 4) is 0 Å². The second-order valence-electron chi connectivity index (χ2n) is 4.51. The number of rotatable bonds is 6. The number of aryl methyl sites for hydroxylation is 1. The van der Waals surface area contributed by atoms with Gasteiger partial charge in [0.25, 0.3) is 10.0 Å². The summed E-state index contributed by atoms with van der Waals surface area (Å²) in [6.07, 6.45) is 3.13. The van der Waals surface area contributed by atoms with Gasteiger partial charge in [0.05, 0.1) is 11.4 Å². The van der Waals surface area contributed by atoms with E-state index in [2.05, 4.69) is 15.1 Å². The van der Waals surface area contributed by atoms with E-state index in [1.165, 1.54) is 6.20 Å². The number of nitrogens with one attached hydrogen (secondary N) is 2. The smallest absolute Gasteiger partial charge is 0.281 e. The lowest BCUT2D eigenvalue weighted by Gasteiger charge is -2.13. The van der Waals surface area contributed by atoms with Crippen LogP contribution in [0.4, 0.5) is 11.4 Å². The SMILES string of the molecule is CCCc1ccccc1NS(=O)(=O)c1ncccc1NN. The lowest BCUT2D eigenvalue weighted by atomic mass is 10.1. The van der Waals surface area contributed by atoms with Crippen LogP contribution in [0.2, 0.25) is 0 Å². The highest BCUT2D eigenvalue weighted by molar-refractivity contribution is 7.92. The second kappa shape index (κ2) is 6.55. The number of nitrogens with two attached hydrogens (primary N) is 1. The van der Waals surface area contributed by atoms with Gasteiger partial charge in [-0.2, -0.15) is 8.42 Å². The van der Waals surface area contributed by atoms with Crippen LogP contribution in [0, 0.1) is 0 Å². The predicted molar refractivity (Wildman–Crippen MR) is 83.3 cm³/mol. The van der Waals surface area contributed by atoms with Crippen molar-refractivity contribution in [1.82, 2.24) is 4.98 Å². The van der Waals surface area contributed by atoms with Crippen molar-refractivity contribution >= 4 is 21.4 Å². The molecule has 0 aliphatic carbocycles. The number of para-hydroxylation sites is 1. The number of aromatic nitrogens is 1. The average Bonchev–Trinajstić information content (AvgIpc) is 2.49. The minimum absolute atomic E-state index is 0.126. The molecule has 0 amide bonds. The highest BCUT2D eigenvalue weighted by Gasteiger charge is 2.20. The van der Waals surface area contributed by atoms with Crippen molar-refractivity contribution in [2.24, 2.45) is 5.84 Å². The van der Waals surface area contributed by atoms with Crippen molar-refractivity contribution < 1.29 is 8.42 Å². The van der Waals surface area contributed by atoms with Gasteiger partial charge in [-0.25, -0.2) is 4.98 Å². The molecule has 0 radical (unpaired) electrons. The molecule has 2 rings (SSSR count). The van der Waals surface area contributed by atoms with E-state index >= 15 is 0 Å². The second-order valence-corrected chi connectivity index (χ2v) is 6.11. The fraction of sp³-hybridized carbons (Fsp3) is 0.214. The first-order valence-corrected chi connectivity index (χ1v) is 8.09. The summed E-state index contributed by atoms with van der Waals surface area (Å²) in [5.74, 6) is 5.34. The van der Waals surface area contributed by atoms with E-state index in [-0.39, 0.29) is 10.7 Å². The molecule has 1 aromatic carbocycles. The molecule has 0 aliphatic heterocycles. The monoisotopic (exact) mass is 306 g/mol. The molecular weight excluding hydrogens is 288 g/mol. The van der Waals surface area contributed by atoms with Crippen LogP contribution in [-0.4, -0.2) is 13.4 Å². The number of sulfonamides is 1. The van der Waals surface area contributed by atoms with Gasteiger partial charge in [-0.05, 0) is 30.2 Å². The molecule has 0 fully saturated rings. The van der Waals surface area contributed by atoms with Gasteiger partial charge in [0.2, 0.25) is 5.03 Å². The van der Waals surface area contributed by atoms with Crippen LogP contribution in [0.25, 0.3) is 0 Å². The summed E-state index contributed by atoms with van der Waals surface area (Å²) < 4.78 is 27.5. The van der Waals surface area contributed by atoms with Crippen molar-refractivity contribution in [1.29, 1.82) is 0 Å². The van der Waals surface area contributed by atoms with Crippen LogP contribution >= 0.6 is 0 Å². The van der Waals surface area contributed by atoms with Crippen molar-refractivity contribution in [3.63, 3.8) is 0 Å². The van der Waals surface area contributed by atoms with Gasteiger partial charge in [0, 0.05) is 6.20 Å². The van der Waals surface area contributed by atoms with E-state index in [9.17, 15) is 8.42 Å². The molecule has 7 heteroatoms. The molecule has 0 aliphatic rings. The number of hydrazine groups is 1. The summed E-state index contributed by atoms with van der Waals surface area (Å²) in [6.45, 7) is 2.04. The van der Waals surface area contributed by atoms with Gasteiger partial charge in [-0.3, -0.25) is 10.6 Å². The lowest BCUT2D eigenvalue weighted by molar-refractivity contribution is 0.598. The number of benzene rings is 1. The first-order valence-electron chi connectivity index (χ1n) is 6.61. The van der Waals surface area contributed by atoms with E-state index in [1.54, 1.807) is 24.3 Å². The molecule has 1 heterocycles. The molecule has 0 atom stereocenters. The van der Waals surface area contributed by atoms with E-state index in [0.717, 1.165) is 18.4 Å². The third-order valence-electron chi connectivity index (χ3n) is 2.96.